The van der Waals surface area contributed by atoms with Gasteiger partial charge in [0.05, 0.1) is 0 Å². The van der Waals surface area contributed by atoms with Crippen molar-refractivity contribution in [2.45, 2.75) is 13.3 Å². The molecule has 1 aliphatic rings. The average Bonchev–Trinajstić information content (AvgIpc) is 2.08. The van der Waals surface area contributed by atoms with Crippen LogP contribution in [0.5, 0.6) is 0 Å². The van der Waals surface area contributed by atoms with Crippen LogP contribution in [-0.2, 0) is 0 Å². The lowest BCUT2D eigenvalue weighted by Crippen LogP contribution is -2.10. The highest BCUT2D eigenvalue weighted by atomic mass is 15.1. The molecule has 0 N–H and O–H groups in total. The van der Waals surface area contributed by atoms with E-state index >= 15 is 0 Å². The Kier molecular flexibility index (Phi) is 2.54. The third kappa shape index (κ3) is 1.50. The lowest BCUT2D eigenvalue weighted by atomic mass is 9.97. The maximum Gasteiger partial charge on any atom is 0.0110 e. The van der Waals surface area contributed by atoms with Crippen LogP contribution in [0, 0.1) is 0 Å². The summed E-state index contributed by atoms with van der Waals surface area (Å²) in [6.45, 7) is 9.91. The molecule has 0 aromatic carbocycles. The Balaban J connectivity index is 2.97. The number of rotatable bonds is 2. The van der Waals surface area contributed by atoms with Crippen LogP contribution in [-0.4, -0.2) is 11.9 Å². The Morgan fingerprint density at radius 2 is 2.17 bits per heavy atom. The lowest BCUT2D eigenvalue weighted by molar-refractivity contribution is 0.605. The average molecular weight is 161 g/mol. The molecule has 0 aromatic heterocycles. The van der Waals surface area contributed by atoms with Crippen molar-refractivity contribution < 1.29 is 0 Å². The summed E-state index contributed by atoms with van der Waals surface area (Å²) in [6.07, 6.45) is 7.01. The molecule has 1 rings (SSSR count). The van der Waals surface area contributed by atoms with Crippen molar-refractivity contribution in [3.05, 3.63) is 48.4 Å². The van der Waals surface area contributed by atoms with Crippen LogP contribution in [0.25, 0.3) is 0 Å². The normalized spacial score (nSPS) is 17.2. The molecule has 0 aromatic rings. The SMILES string of the molecule is C=CC1=CN(C)C=C(CC)C1=C. The van der Waals surface area contributed by atoms with Gasteiger partial charge in [-0.15, -0.1) is 0 Å². The second-order valence-electron chi connectivity index (χ2n) is 2.94. The van der Waals surface area contributed by atoms with Gasteiger partial charge >= 0.3 is 0 Å². The van der Waals surface area contributed by atoms with Crippen molar-refractivity contribution in [3.8, 4) is 0 Å². The summed E-state index contributed by atoms with van der Waals surface area (Å²) in [7, 11) is 2.02. The zero-order valence-electron chi connectivity index (χ0n) is 7.80. The second kappa shape index (κ2) is 3.44. The zero-order chi connectivity index (χ0) is 9.14. The van der Waals surface area contributed by atoms with Crippen molar-refractivity contribution in [1.29, 1.82) is 0 Å². The lowest BCUT2D eigenvalue weighted by Gasteiger charge is -2.21. The minimum atomic E-state index is 1.02. The van der Waals surface area contributed by atoms with Crippen LogP contribution in [0.1, 0.15) is 13.3 Å². The summed E-state index contributed by atoms with van der Waals surface area (Å²) in [5.41, 5.74) is 3.51. The van der Waals surface area contributed by atoms with E-state index in [0.29, 0.717) is 0 Å². The molecule has 1 nitrogen and oxygen atoms in total. The molecular weight excluding hydrogens is 146 g/mol. The number of allylic oxidation sites excluding steroid dienone is 4. The van der Waals surface area contributed by atoms with Crippen molar-refractivity contribution in [3.63, 3.8) is 0 Å². The number of nitrogens with zero attached hydrogens (tertiary/aromatic N) is 1. The van der Waals surface area contributed by atoms with Gasteiger partial charge in [-0.2, -0.15) is 0 Å². The van der Waals surface area contributed by atoms with E-state index in [-0.39, 0.29) is 0 Å². The first kappa shape index (κ1) is 8.85. The molecule has 0 radical (unpaired) electrons. The topological polar surface area (TPSA) is 3.24 Å². The molecule has 0 atom stereocenters. The Hall–Kier alpha value is -1.24. The Morgan fingerprint density at radius 3 is 2.67 bits per heavy atom. The van der Waals surface area contributed by atoms with E-state index in [1.165, 1.54) is 5.57 Å². The van der Waals surface area contributed by atoms with Crippen molar-refractivity contribution >= 4 is 0 Å². The fourth-order valence-electron chi connectivity index (χ4n) is 1.32. The standard InChI is InChI=1S/C11H15N/c1-5-10-7-12(4)8-11(6-2)9(10)3/h5,7-8H,1,3,6H2,2,4H3. The van der Waals surface area contributed by atoms with Gasteiger partial charge in [0, 0.05) is 19.4 Å². The van der Waals surface area contributed by atoms with Gasteiger partial charge in [0.1, 0.15) is 0 Å². The summed E-state index contributed by atoms with van der Waals surface area (Å²) in [4.78, 5) is 2.05. The molecule has 0 bridgehead atoms. The first-order valence-electron chi connectivity index (χ1n) is 4.15. The van der Waals surface area contributed by atoms with Crippen molar-refractivity contribution in [2.24, 2.45) is 0 Å². The van der Waals surface area contributed by atoms with E-state index in [2.05, 4.69) is 26.3 Å². The minimum Gasteiger partial charge on any atom is -0.356 e. The molecule has 0 saturated carbocycles. The fourth-order valence-corrected chi connectivity index (χ4v) is 1.32. The van der Waals surface area contributed by atoms with Gasteiger partial charge in [0.15, 0.2) is 0 Å². The highest BCUT2D eigenvalue weighted by Gasteiger charge is 2.09. The highest BCUT2D eigenvalue weighted by Crippen LogP contribution is 2.25. The third-order valence-corrected chi connectivity index (χ3v) is 2.04. The van der Waals surface area contributed by atoms with Crippen LogP contribution < -0.4 is 0 Å². The summed E-state index contributed by atoms with van der Waals surface area (Å²) >= 11 is 0. The van der Waals surface area contributed by atoms with Gasteiger partial charge in [-0.1, -0.05) is 26.2 Å². The summed E-state index contributed by atoms with van der Waals surface area (Å²) in [5.74, 6) is 0. The van der Waals surface area contributed by atoms with Gasteiger partial charge in [0.25, 0.3) is 0 Å². The zero-order valence-corrected chi connectivity index (χ0v) is 7.80. The molecule has 0 spiro atoms. The Bertz CT molecular complexity index is 269. The quantitative estimate of drug-likeness (QED) is 0.602. The molecule has 64 valence electrons. The smallest absolute Gasteiger partial charge is 0.0110 e. The number of hydrogen-bond donors (Lipinski definition) is 0. The molecule has 1 aliphatic heterocycles. The summed E-state index contributed by atoms with van der Waals surface area (Å²) in [6, 6.07) is 0. The maximum atomic E-state index is 4.02. The second-order valence-corrected chi connectivity index (χ2v) is 2.94. The monoisotopic (exact) mass is 161 g/mol. The molecule has 12 heavy (non-hydrogen) atoms. The molecule has 1 heterocycles. The molecule has 0 fully saturated rings. The van der Waals surface area contributed by atoms with E-state index in [1.807, 2.05) is 24.2 Å². The molecule has 0 aliphatic carbocycles. The van der Waals surface area contributed by atoms with E-state index in [4.69, 9.17) is 0 Å². The largest absolute Gasteiger partial charge is 0.356 e. The first-order chi connectivity index (χ1) is 5.69. The molecule has 1 heteroatoms. The van der Waals surface area contributed by atoms with Crippen LogP contribution in [0.3, 0.4) is 0 Å². The van der Waals surface area contributed by atoms with Crippen LogP contribution in [0.4, 0.5) is 0 Å². The van der Waals surface area contributed by atoms with Gasteiger partial charge < -0.3 is 4.90 Å². The molecule has 0 saturated heterocycles. The van der Waals surface area contributed by atoms with Crippen LogP contribution in [0.15, 0.2) is 48.4 Å². The summed E-state index contributed by atoms with van der Waals surface area (Å²) < 4.78 is 0. The van der Waals surface area contributed by atoms with Crippen LogP contribution in [0.2, 0.25) is 0 Å². The van der Waals surface area contributed by atoms with Gasteiger partial charge in [-0.3, -0.25) is 0 Å². The van der Waals surface area contributed by atoms with Gasteiger partial charge in [-0.05, 0) is 23.1 Å². The number of hydrogen-bond acceptors (Lipinski definition) is 1. The van der Waals surface area contributed by atoms with Gasteiger partial charge in [-0.25, -0.2) is 0 Å². The van der Waals surface area contributed by atoms with Crippen molar-refractivity contribution in [1.82, 2.24) is 4.90 Å². The van der Waals surface area contributed by atoms with E-state index < -0.39 is 0 Å². The first-order valence-corrected chi connectivity index (χ1v) is 4.15. The minimum absolute atomic E-state index is 1.02. The fraction of sp³-hybridized carbons (Fsp3) is 0.273. The Labute approximate surface area is 74.4 Å². The van der Waals surface area contributed by atoms with Gasteiger partial charge in [0.2, 0.25) is 0 Å². The third-order valence-electron chi connectivity index (χ3n) is 2.04. The van der Waals surface area contributed by atoms with E-state index in [9.17, 15) is 0 Å². The predicted molar refractivity (Wildman–Crippen MR) is 53.6 cm³/mol. The highest BCUT2D eigenvalue weighted by molar-refractivity contribution is 5.51. The molecular formula is C11H15N. The van der Waals surface area contributed by atoms with E-state index in [0.717, 1.165) is 17.6 Å². The summed E-state index contributed by atoms with van der Waals surface area (Å²) in [5, 5.41) is 0. The Morgan fingerprint density at radius 1 is 1.50 bits per heavy atom. The maximum absolute atomic E-state index is 4.02. The predicted octanol–water partition coefficient (Wildman–Crippen LogP) is 2.85. The molecule has 0 amide bonds. The van der Waals surface area contributed by atoms with E-state index in [1.54, 1.807) is 0 Å². The van der Waals surface area contributed by atoms with Crippen LogP contribution >= 0.6 is 0 Å². The van der Waals surface area contributed by atoms with Crippen molar-refractivity contribution in [2.75, 3.05) is 7.05 Å². The molecule has 0 unspecified atom stereocenters.